The second-order valence-electron chi connectivity index (χ2n) is 10.9. The fourth-order valence-corrected chi connectivity index (χ4v) is 6.17. The summed E-state index contributed by atoms with van der Waals surface area (Å²) in [6.45, 7) is 7.61. The lowest BCUT2D eigenvalue weighted by Crippen LogP contribution is -2.54. The van der Waals surface area contributed by atoms with Gasteiger partial charge in [-0.05, 0) is 39.0 Å². The van der Waals surface area contributed by atoms with Crippen LogP contribution in [0.25, 0.3) is 11.0 Å². The molecule has 12 heteroatoms. The first kappa shape index (κ1) is 28.6. The number of nitrogens with zero attached hydrogens (tertiary/aromatic N) is 4. The molecule has 2 fully saturated rings. The number of amides is 1. The number of H-pyrrole nitrogens is 1. The first-order valence-electron chi connectivity index (χ1n) is 13.8. The average Bonchev–Trinajstić information content (AvgIpc) is 3.38. The zero-order chi connectivity index (χ0) is 28.7. The van der Waals surface area contributed by atoms with Crippen LogP contribution in [-0.4, -0.2) is 102 Å². The number of carbonyl (C=O) groups is 1. The Balaban J connectivity index is 1.45. The number of methoxy groups -OCH3 is 1. The molecule has 0 saturated carbocycles. The van der Waals surface area contributed by atoms with Gasteiger partial charge in [-0.1, -0.05) is 12.2 Å². The molecule has 1 aliphatic carbocycles. The number of halogens is 3. The van der Waals surface area contributed by atoms with Gasteiger partial charge in [-0.3, -0.25) is 15.4 Å². The molecule has 4 N–H and O–H groups in total. The maximum Gasteiger partial charge on any atom is 0.418 e. The normalized spacial score (nSPS) is 25.4. The molecule has 3 aliphatic rings. The number of aromatic nitrogens is 2. The minimum Gasteiger partial charge on any atom is -0.385 e. The van der Waals surface area contributed by atoms with Crippen molar-refractivity contribution in [1.82, 2.24) is 24.7 Å². The number of piperidine rings is 1. The minimum absolute atomic E-state index is 0.0488. The highest BCUT2D eigenvalue weighted by molar-refractivity contribution is 5.97. The highest BCUT2D eigenvalue weighted by Gasteiger charge is 2.44. The molecular weight excluding hydrogens is 523 g/mol. The summed E-state index contributed by atoms with van der Waals surface area (Å²) < 4.78 is 47.0. The zero-order valence-electron chi connectivity index (χ0n) is 23.2. The van der Waals surface area contributed by atoms with Gasteiger partial charge in [-0.25, -0.2) is 4.98 Å². The number of alkyl halides is 3. The second-order valence-corrected chi connectivity index (χ2v) is 10.9. The summed E-state index contributed by atoms with van der Waals surface area (Å²) in [7, 11) is 3.59. The maximum atomic E-state index is 14.0. The average molecular weight is 562 g/mol. The third kappa shape index (κ3) is 5.37. The quantitative estimate of drug-likeness (QED) is 0.466. The van der Waals surface area contributed by atoms with E-state index in [0.29, 0.717) is 36.9 Å². The van der Waals surface area contributed by atoms with E-state index in [4.69, 9.17) is 10.5 Å². The molecular formula is C28H38F3N7O2. The van der Waals surface area contributed by atoms with Crippen molar-refractivity contribution in [3.8, 4) is 0 Å². The number of pyridine rings is 1. The number of fused-ring (bicyclic) bond motifs is 1. The molecule has 2 saturated heterocycles. The van der Waals surface area contributed by atoms with E-state index in [9.17, 15) is 18.0 Å². The van der Waals surface area contributed by atoms with Crippen LogP contribution in [0, 0.1) is 0 Å². The highest BCUT2D eigenvalue weighted by atomic mass is 19.4. The largest absolute Gasteiger partial charge is 0.418 e. The first-order chi connectivity index (χ1) is 19.1. The third-order valence-electron chi connectivity index (χ3n) is 8.43. The Morgan fingerprint density at radius 3 is 2.55 bits per heavy atom. The molecule has 2 unspecified atom stereocenters. The van der Waals surface area contributed by atoms with Crippen LogP contribution in [-0.2, 0) is 15.7 Å². The fraction of sp³-hybridized carbons (Fsp3) is 0.571. The molecule has 5 rings (SSSR count). The maximum absolute atomic E-state index is 14.0. The molecule has 218 valence electrons. The standard InChI is InChI=1S/C28H38F3N7O2/c1-4-33-21-16-22(35-25-23(21)20(17-34-25)28(29,30)31)24-19(6-5-9-27(24,32)40-3)26(39)38-10-7-18(8-11-38)37-14-12-36(2)13-15-37/h5-6,9,16-18,24H,4,7-8,10-15,32H2,1-3H3,(H2,33,34,35). The molecule has 9 nitrogen and oxygen atoms in total. The lowest BCUT2D eigenvalue weighted by Gasteiger charge is -2.43. The summed E-state index contributed by atoms with van der Waals surface area (Å²) in [6.07, 6.45) is 3.21. The molecule has 40 heavy (non-hydrogen) atoms. The molecule has 2 aromatic rings. The highest BCUT2D eigenvalue weighted by Crippen LogP contribution is 2.43. The predicted molar refractivity (Wildman–Crippen MR) is 148 cm³/mol. The SMILES string of the molecule is CCNc1cc(C2C(C(=O)N3CCC(N4CCN(C)CC4)CC3)=CC=CC2(N)OC)nc2[nH]cc(C(F)(F)F)c12. The number of anilines is 1. The number of piperazine rings is 1. The van der Waals surface area contributed by atoms with Crippen molar-refractivity contribution in [2.45, 2.75) is 43.6 Å². The van der Waals surface area contributed by atoms with Crippen LogP contribution in [0.15, 0.2) is 36.1 Å². The Bertz CT molecular complexity index is 1290. The van der Waals surface area contributed by atoms with E-state index in [1.165, 1.54) is 7.11 Å². The molecule has 0 bridgehead atoms. The fourth-order valence-electron chi connectivity index (χ4n) is 6.17. The van der Waals surface area contributed by atoms with E-state index in [1.807, 2.05) is 4.90 Å². The molecule has 4 heterocycles. The van der Waals surface area contributed by atoms with Gasteiger partial charge in [-0.15, -0.1) is 0 Å². The van der Waals surface area contributed by atoms with E-state index in [0.717, 1.165) is 45.2 Å². The monoisotopic (exact) mass is 561 g/mol. The Morgan fingerprint density at radius 2 is 1.93 bits per heavy atom. The van der Waals surface area contributed by atoms with Gasteiger partial charge in [0.15, 0.2) is 0 Å². The number of likely N-dealkylation sites (N-methyl/N-ethyl adjacent to an activating group) is 1. The topological polar surface area (TPSA) is 103 Å². The number of ether oxygens (including phenoxy) is 1. The molecule has 2 atom stereocenters. The molecule has 0 radical (unpaired) electrons. The van der Waals surface area contributed by atoms with Gasteiger partial charge in [0.2, 0.25) is 0 Å². The Morgan fingerprint density at radius 1 is 1.23 bits per heavy atom. The summed E-state index contributed by atoms with van der Waals surface area (Å²) in [5.74, 6) is -0.989. The van der Waals surface area contributed by atoms with Crippen LogP contribution >= 0.6 is 0 Å². The van der Waals surface area contributed by atoms with Crippen LogP contribution in [0.2, 0.25) is 0 Å². The number of allylic oxidation sites excluding steroid dienone is 2. The minimum atomic E-state index is -4.55. The van der Waals surface area contributed by atoms with Crippen molar-refractivity contribution in [1.29, 1.82) is 0 Å². The van der Waals surface area contributed by atoms with Gasteiger partial charge in [-0.2, -0.15) is 13.2 Å². The van der Waals surface area contributed by atoms with Crippen LogP contribution in [0.5, 0.6) is 0 Å². The number of carbonyl (C=O) groups excluding carboxylic acids is 1. The van der Waals surface area contributed by atoms with Crippen LogP contribution in [0.1, 0.15) is 36.9 Å². The molecule has 2 aromatic heterocycles. The van der Waals surface area contributed by atoms with E-state index in [-0.39, 0.29) is 22.6 Å². The van der Waals surface area contributed by atoms with E-state index >= 15 is 0 Å². The van der Waals surface area contributed by atoms with Crippen molar-refractivity contribution in [3.05, 3.63) is 47.3 Å². The van der Waals surface area contributed by atoms with Crippen molar-refractivity contribution in [2.75, 3.05) is 65.3 Å². The lowest BCUT2D eigenvalue weighted by molar-refractivity contribution is -0.136. The first-order valence-corrected chi connectivity index (χ1v) is 13.8. The Labute approximate surface area is 232 Å². The van der Waals surface area contributed by atoms with Crippen molar-refractivity contribution in [3.63, 3.8) is 0 Å². The van der Waals surface area contributed by atoms with Crippen molar-refractivity contribution < 1.29 is 22.7 Å². The summed E-state index contributed by atoms with van der Waals surface area (Å²) >= 11 is 0. The van der Waals surface area contributed by atoms with Gasteiger partial charge in [0, 0.05) is 76.4 Å². The molecule has 0 spiro atoms. The molecule has 1 amide bonds. The zero-order valence-corrected chi connectivity index (χ0v) is 23.2. The summed E-state index contributed by atoms with van der Waals surface area (Å²) in [5.41, 5.74) is 5.55. The predicted octanol–water partition coefficient (Wildman–Crippen LogP) is 3.13. The van der Waals surface area contributed by atoms with E-state index < -0.39 is 23.4 Å². The van der Waals surface area contributed by atoms with E-state index in [1.54, 1.807) is 31.2 Å². The number of nitrogens with one attached hydrogen (secondary N) is 2. The van der Waals surface area contributed by atoms with Crippen LogP contribution < -0.4 is 11.1 Å². The lowest BCUT2D eigenvalue weighted by atomic mass is 9.80. The van der Waals surface area contributed by atoms with Crippen LogP contribution in [0.3, 0.4) is 0 Å². The number of hydrogen-bond acceptors (Lipinski definition) is 7. The third-order valence-corrected chi connectivity index (χ3v) is 8.43. The molecule has 2 aliphatic heterocycles. The number of aromatic amines is 1. The van der Waals surface area contributed by atoms with Gasteiger partial charge < -0.3 is 24.8 Å². The van der Waals surface area contributed by atoms with Gasteiger partial charge in [0.05, 0.1) is 22.6 Å². The van der Waals surface area contributed by atoms with Gasteiger partial charge in [0.25, 0.3) is 5.91 Å². The van der Waals surface area contributed by atoms with Crippen LogP contribution in [0.4, 0.5) is 18.9 Å². The summed E-state index contributed by atoms with van der Waals surface area (Å²) in [5, 5.41) is 2.99. The number of nitrogens with two attached hydrogens (primary N) is 1. The number of likely N-dealkylation sites (tertiary alicyclic amines) is 1. The smallest absolute Gasteiger partial charge is 0.385 e. The number of hydrogen-bond donors (Lipinski definition) is 3. The number of rotatable bonds is 6. The Kier molecular flexibility index (Phi) is 7.97. The van der Waals surface area contributed by atoms with Gasteiger partial charge >= 0.3 is 6.18 Å². The van der Waals surface area contributed by atoms with Gasteiger partial charge in [0.1, 0.15) is 11.4 Å². The molecule has 0 aromatic carbocycles. The Hall–Kier alpha value is -2.93. The second kappa shape index (κ2) is 11.2. The van der Waals surface area contributed by atoms with Crippen molar-refractivity contribution >= 4 is 22.6 Å². The summed E-state index contributed by atoms with van der Waals surface area (Å²) in [6, 6.07) is 2.00. The summed E-state index contributed by atoms with van der Waals surface area (Å²) in [4.78, 5) is 27.9. The van der Waals surface area contributed by atoms with E-state index in [2.05, 4.69) is 32.1 Å². The van der Waals surface area contributed by atoms with Crippen molar-refractivity contribution in [2.24, 2.45) is 5.73 Å².